The van der Waals surface area contributed by atoms with Crippen LogP contribution in [0.25, 0.3) is 0 Å². The third-order valence-corrected chi connectivity index (χ3v) is 5.49. The van der Waals surface area contributed by atoms with Crippen molar-refractivity contribution in [1.82, 2.24) is 25.5 Å². The topological polar surface area (TPSA) is 133 Å². The average Bonchev–Trinajstić information content (AvgIpc) is 2.94. The molecule has 0 radical (unpaired) electrons. The van der Waals surface area contributed by atoms with Crippen molar-refractivity contribution in [3.63, 3.8) is 0 Å². The number of sulfone groups is 1. The minimum absolute atomic E-state index is 0.0221. The number of aromatic nitrogens is 4. The van der Waals surface area contributed by atoms with Crippen LogP contribution >= 0.6 is 11.8 Å². The van der Waals surface area contributed by atoms with Crippen LogP contribution < -0.4 is 11.1 Å². The molecule has 11 heteroatoms. The number of hydrogen-bond acceptors (Lipinski definition) is 8. The molecular weight excluding hydrogens is 304 g/mol. The standard InChI is InChI=1S/C9H16N6O3S2/c10-2-3-15-9(12-13-14-15)19-5-8(16)11-7-1-4-20(17,18)6-7/h7H,1-6,10H2,(H,11,16). The Morgan fingerprint density at radius 1 is 1.55 bits per heavy atom. The molecule has 1 atom stereocenters. The molecule has 1 unspecified atom stereocenters. The summed E-state index contributed by atoms with van der Waals surface area (Å²) in [6.45, 7) is 0.891. The van der Waals surface area contributed by atoms with Crippen LogP contribution in [0.4, 0.5) is 0 Å². The summed E-state index contributed by atoms with van der Waals surface area (Å²) in [5.41, 5.74) is 5.42. The normalized spacial score (nSPS) is 20.9. The number of carbonyl (C=O) groups is 1. The van der Waals surface area contributed by atoms with E-state index in [0.29, 0.717) is 24.7 Å². The summed E-state index contributed by atoms with van der Waals surface area (Å²) in [5, 5.41) is 14.3. The van der Waals surface area contributed by atoms with Crippen molar-refractivity contribution in [3.8, 4) is 0 Å². The number of nitrogens with zero attached hydrogens (tertiary/aromatic N) is 4. The van der Waals surface area contributed by atoms with Crippen LogP contribution in [0.5, 0.6) is 0 Å². The maximum atomic E-state index is 11.7. The second-order valence-corrected chi connectivity index (χ2v) is 7.60. The molecule has 2 rings (SSSR count). The van der Waals surface area contributed by atoms with E-state index in [9.17, 15) is 13.2 Å². The van der Waals surface area contributed by atoms with Gasteiger partial charge in [0.25, 0.3) is 0 Å². The molecule has 1 aromatic heterocycles. The van der Waals surface area contributed by atoms with Gasteiger partial charge in [-0.15, -0.1) is 5.10 Å². The first kappa shape index (κ1) is 15.2. The maximum Gasteiger partial charge on any atom is 0.230 e. The zero-order valence-corrected chi connectivity index (χ0v) is 12.4. The Bertz CT molecular complexity index is 572. The average molecular weight is 320 g/mol. The predicted molar refractivity (Wildman–Crippen MR) is 72.8 cm³/mol. The summed E-state index contributed by atoms with van der Waals surface area (Å²) in [4.78, 5) is 11.7. The number of amides is 1. The highest BCUT2D eigenvalue weighted by molar-refractivity contribution is 7.99. The van der Waals surface area contributed by atoms with Crippen LogP contribution in [0.3, 0.4) is 0 Å². The fraction of sp³-hybridized carbons (Fsp3) is 0.778. The number of tetrazole rings is 1. The summed E-state index contributed by atoms with van der Waals surface area (Å²) in [5.74, 6) is 0.0785. The van der Waals surface area contributed by atoms with Crippen LogP contribution in [0.1, 0.15) is 6.42 Å². The van der Waals surface area contributed by atoms with Gasteiger partial charge in [-0.05, 0) is 16.8 Å². The van der Waals surface area contributed by atoms with Crippen molar-refractivity contribution in [2.24, 2.45) is 5.73 Å². The molecule has 1 fully saturated rings. The zero-order valence-electron chi connectivity index (χ0n) is 10.7. The van der Waals surface area contributed by atoms with Crippen molar-refractivity contribution in [3.05, 3.63) is 0 Å². The van der Waals surface area contributed by atoms with Crippen molar-refractivity contribution in [2.45, 2.75) is 24.2 Å². The van der Waals surface area contributed by atoms with Gasteiger partial charge < -0.3 is 11.1 Å². The third kappa shape index (κ3) is 4.15. The van der Waals surface area contributed by atoms with Gasteiger partial charge in [0.1, 0.15) is 0 Å². The number of thioether (sulfide) groups is 1. The molecule has 0 bridgehead atoms. The van der Waals surface area contributed by atoms with Crippen molar-refractivity contribution in [1.29, 1.82) is 0 Å². The van der Waals surface area contributed by atoms with Gasteiger partial charge in [-0.25, -0.2) is 13.1 Å². The van der Waals surface area contributed by atoms with Crippen molar-refractivity contribution >= 4 is 27.5 Å². The van der Waals surface area contributed by atoms with Gasteiger partial charge in [-0.1, -0.05) is 11.8 Å². The monoisotopic (exact) mass is 320 g/mol. The van der Waals surface area contributed by atoms with E-state index in [1.54, 1.807) is 0 Å². The Kier molecular flexibility index (Phi) is 4.94. The summed E-state index contributed by atoms with van der Waals surface area (Å²) in [7, 11) is -2.99. The largest absolute Gasteiger partial charge is 0.352 e. The first-order valence-corrected chi connectivity index (χ1v) is 8.89. The Hall–Kier alpha value is -1.20. The molecule has 0 aliphatic carbocycles. The Morgan fingerprint density at radius 3 is 3.00 bits per heavy atom. The number of carbonyl (C=O) groups excluding carboxylic acids is 1. The Morgan fingerprint density at radius 2 is 2.35 bits per heavy atom. The molecule has 1 aliphatic heterocycles. The quantitative estimate of drug-likeness (QED) is 0.577. The smallest absolute Gasteiger partial charge is 0.230 e. The van der Waals surface area contributed by atoms with E-state index in [4.69, 9.17) is 5.73 Å². The van der Waals surface area contributed by atoms with Crippen molar-refractivity contribution < 1.29 is 13.2 Å². The first-order chi connectivity index (χ1) is 9.50. The highest BCUT2D eigenvalue weighted by atomic mass is 32.2. The number of nitrogens with one attached hydrogen (secondary N) is 1. The second-order valence-electron chi connectivity index (χ2n) is 4.43. The minimum atomic E-state index is -2.99. The van der Waals surface area contributed by atoms with Gasteiger partial charge >= 0.3 is 0 Å². The van der Waals surface area contributed by atoms with Crippen molar-refractivity contribution in [2.75, 3.05) is 23.8 Å². The first-order valence-electron chi connectivity index (χ1n) is 6.09. The summed E-state index contributed by atoms with van der Waals surface area (Å²) < 4.78 is 24.1. The van der Waals surface area contributed by atoms with E-state index < -0.39 is 9.84 Å². The third-order valence-electron chi connectivity index (χ3n) is 2.77. The van der Waals surface area contributed by atoms with Crippen LogP contribution in [0.15, 0.2) is 5.16 Å². The van der Waals surface area contributed by atoms with Crippen LogP contribution in [0, 0.1) is 0 Å². The van der Waals surface area contributed by atoms with Gasteiger partial charge in [0.05, 0.1) is 23.8 Å². The molecule has 2 heterocycles. The summed E-state index contributed by atoms with van der Waals surface area (Å²) in [6, 6.07) is -0.284. The zero-order chi connectivity index (χ0) is 14.6. The fourth-order valence-corrected chi connectivity index (χ4v) is 4.26. The van der Waals surface area contributed by atoms with Gasteiger partial charge in [0.2, 0.25) is 11.1 Å². The van der Waals surface area contributed by atoms with E-state index in [0.717, 1.165) is 0 Å². The van der Waals surface area contributed by atoms with E-state index in [1.807, 2.05) is 0 Å². The summed E-state index contributed by atoms with van der Waals surface area (Å²) in [6.07, 6.45) is 0.476. The lowest BCUT2D eigenvalue weighted by Gasteiger charge is -2.10. The van der Waals surface area contributed by atoms with E-state index in [1.165, 1.54) is 16.4 Å². The van der Waals surface area contributed by atoms with Gasteiger partial charge in [-0.3, -0.25) is 4.79 Å². The molecule has 0 aromatic carbocycles. The maximum absolute atomic E-state index is 11.7. The van der Waals surface area contributed by atoms with Crippen LogP contribution in [0.2, 0.25) is 0 Å². The van der Waals surface area contributed by atoms with Crippen LogP contribution in [-0.4, -0.2) is 64.4 Å². The lowest BCUT2D eigenvalue weighted by molar-refractivity contribution is -0.119. The molecule has 112 valence electrons. The van der Waals surface area contributed by atoms with Gasteiger partial charge in [0, 0.05) is 12.6 Å². The molecule has 1 aliphatic rings. The highest BCUT2D eigenvalue weighted by Gasteiger charge is 2.28. The molecule has 0 saturated carbocycles. The molecule has 0 spiro atoms. The number of nitrogens with two attached hydrogens (primary N) is 1. The molecule has 3 N–H and O–H groups in total. The lowest BCUT2D eigenvalue weighted by atomic mass is 10.3. The molecule has 1 amide bonds. The number of rotatable bonds is 6. The molecule has 20 heavy (non-hydrogen) atoms. The van der Waals surface area contributed by atoms with Gasteiger partial charge in [0.15, 0.2) is 9.84 Å². The number of hydrogen-bond donors (Lipinski definition) is 2. The van der Waals surface area contributed by atoms with E-state index >= 15 is 0 Å². The summed E-state index contributed by atoms with van der Waals surface area (Å²) >= 11 is 1.19. The lowest BCUT2D eigenvalue weighted by Crippen LogP contribution is -2.36. The fourth-order valence-electron chi connectivity index (χ4n) is 1.87. The SMILES string of the molecule is NCCn1nnnc1SCC(=O)NC1CCS(=O)(=O)C1. The Balaban J connectivity index is 1.79. The molecule has 1 saturated heterocycles. The molecule has 9 nitrogen and oxygen atoms in total. The Labute approximate surface area is 120 Å². The van der Waals surface area contributed by atoms with Crippen LogP contribution in [-0.2, 0) is 21.2 Å². The highest BCUT2D eigenvalue weighted by Crippen LogP contribution is 2.14. The van der Waals surface area contributed by atoms with E-state index in [-0.39, 0.29) is 29.2 Å². The van der Waals surface area contributed by atoms with Gasteiger partial charge in [-0.2, -0.15) is 0 Å². The van der Waals surface area contributed by atoms with E-state index in [2.05, 4.69) is 20.8 Å². The molecular formula is C9H16N6O3S2. The minimum Gasteiger partial charge on any atom is -0.352 e. The second kappa shape index (κ2) is 6.50. The molecule has 1 aromatic rings. The predicted octanol–water partition coefficient (Wildman–Crippen LogP) is -1.97.